The third-order valence-electron chi connectivity index (χ3n) is 5.86. The number of carbonyl (C=O) groups excluding carboxylic acids is 2. The van der Waals surface area contributed by atoms with Crippen LogP contribution in [0.5, 0.6) is 11.5 Å². The largest absolute Gasteiger partial charge is 0.505 e. The first-order valence-electron chi connectivity index (χ1n) is 11.5. The number of carbonyl (C=O) groups is 2. The van der Waals surface area contributed by atoms with Crippen LogP contribution in [0.15, 0.2) is 53.5 Å². The Labute approximate surface area is 209 Å². The molecular weight excluding hydrogens is 462 g/mol. The summed E-state index contributed by atoms with van der Waals surface area (Å²) in [5, 5.41) is 15.5. The van der Waals surface area contributed by atoms with Gasteiger partial charge in [-0.3, -0.25) is 9.59 Å². The van der Waals surface area contributed by atoms with E-state index in [-0.39, 0.29) is 24.5 Å². The summed E-state index contributed by atoms with van der Waals surface area (Å²) in [4.78, 5) is 37.7. The van der Waals surface area contributed by atoms with E-state index in [0.717, 1.165) is 22.4 Å². The fourth-order valence-corrected chi connectivity index (χ4v) is 4.02. The number of nitrogens with zero attached hydrogens (tertiary/aromatic N) is 1. The normalized spacial score (nSPS) is 11.5. The van der Waals surface area contributed by atoms with Crippen LogP contribution in [-0.4, -0.2) is 35.4 Å². The van der Waals surface area contributed by atoms with Gasteiger partial charge in [0.05, 0.1) is 26.2 Å². The maximum atomic E-state index is 12.9. The number of methoxy groups -OCH3 is 1. The number of esters is 1. The Morgan fingerprint density at radius 3 is 2.56 bits per heavy atom. The summed E-state index contributed by atoms with van der Waals surface area (Å²) in [5.74, 6) is -0.0520. The fraction of sp³-hybridized carbons (Fsp3) is 0.296. The summed E-state index contributed by atoms with van der Waals surface area (Å²) >= 11 is 0. The first-order chi connectivity index (χ1) is 17.2. The van der Waals surface area contributed by atoms with Gasteiger partial charge in [-0.1, -0.05) is 30.3 Å². The van der Waals surface area contributed by atoms with Crippen LogP contribution in [0.3, 0.4) is 0 Å². The van der Waals surface area contributed by atoms with Gasteiger partial charge < -0.3 is 29.8 Å². The molecule has 0 saturated carbocycles. The summed E-state index contributed by atoms with van der Waals surface area (Å²) in [6.07, 6.45) is 1.34. The van der Waals surface area contributed by atoms with E-state index in [1.165, 1.54) is 17.8 Å². The number of pyridine rings is 1. The van der Waals surface area contributed by atoms with E-state index in [1.54, 1.807) is 27.0 Å². The standard InChI is InChI=1S/C27H31N3O6/c1-6-36-23(31)14-21(28-27(34)29-24-25(32)16(2)15-30(4)26(24)33)19-10-7-9-18(13-19)20-11-8-12-22(35-5)17(20)3/h7-13,15,21,32H,6,14H2,1-5H3,(H2,28,29,34)/t21-/m0/s1. The van der Waals surface area contributed by atoms with Crippen LogP contribution in [-0.2, 0) is 16.6 Å². The average Bonchev–Trinajstić information content (AvgIpc) is 2.85. The molecule has 0 fully saturated rings. The number of nitrogens with one attached hydrogen (secondary N) is 2. The molecule has 0 aliphatic heterocycles. The van der Waals surface area contributed by atoms with Gasteiger partial charge in [0.1, 0.15) is 11.5 Å². The SMILES string of the molecule is CCOC(=O)C[C@H](NC(=O)Nc1c(O)c(C)cn(C)c1=O)c1cccc(-c2cccc(OC)c2C)c1. The zero-order valence-electron chi connectivity index (χ0n) is 21.0. The molecule has 3 N–H and O–H groups in total. The molecule has 2 amide bonds. The molecule has 0 bridgehead atoms. The van der Waals surface area contributed by atoms with Crippen molar-refractivity contribution in [2.75, 3.05) is 19.0 Å². The van der Waals surface area contributed by atoms with Crippen molar-refractivity contribution in [3.05, 3.63) is 75.7 Å². The molecule has 0 radical (unpaired) electrons. The Kier molecular flexibility index (Phi) is 8.37. The minimum Gasteiger partial charge on any atom is -0.505 e. The molecule has 1 heterocycles. The molecular formula is C27H31N3O6. The number of hydrogen-bond acceptors (Lipinski definition) is 6. The van der Waals surface area contributed by atoms with Gasteiger partial charge in [-0.05, 0) is 55.2 Å². The minimum atomic E-state index is -0.759. The third kappa shape index (κ3) is 5.86. The van der Waals surface area contributed by atoms with Crippen molar-refractivity contribution in [2.24, 2.45) is 7.05 Å². The van der Waals surface area contributed by atoms with Gasteiger partial charge in [0.15, 0.2) is 5.69 Å². The van der Waals surface area contributed by atoms with Crippen molar-refractivity contribution in [2.45, 2.75) is 33.2 Å². The lowest BCUT2D eigenvalue weighted by Crippen LogP contribution is -2.36. The Balaban J connectivity index is 1.94. The van der Waals surface area contributed by atoms with E-state index in [1.807, 2.05) is 43.3 Å². The van der Waals surface area contributed by atoms with Crippen molar-refractivity contribution >= 4 is 17.7 Å². The Morgan fingerprint density at radius 2 is 1.86 bits per heavy atom. The molecule has 1 atom stereocenters. The maximum absolute atomic E-state index is 12.9. The topological polar surface area (TPSA) is 119 Å². The second-order valence-electron chi connectivity index (χ2n) is 8.37. The molecule has 0 unspecified atom stereocenters. The molecule has 36 heavy (non-hydrogen) atoms. The first kappa shape index (κ1) is 26.3. The zero-order valence-corrected chi connectivity index (χ0v) is 21.0. The number of amides is 2. The van der Waals surface area contributed by atoms with Crippen LogP contribution in [0, 0.1) is 13.8 Å². The fourth-order valence-electron chi connectivity index (χ4n) is 4.02. The van der Waals surface area contributed by atoms with E-state index in [4.69, 9.17) is 9.47 Å². The van der Waals surface area contributed by atoms with Crippen molar-refractivity contribution in [3.8, 4) is 22.6 Å². The van der Waals surface area contributed by atoms with Crippen LogP contribution in [0.25, 0.3) is 11.1 Å². The number of anilines is 1. The highest BCUT2D eigenvalue weighted by molar-refractivity contribution is 5.91. The maximum Gasteiger partial charge on any atom is 0.319 e. The van der Waals surface area contributed by atoms with Gasteiger partial charge in [-0.15, -0.1) is 0 Å². The molecule has 3 rings (SSSR count). The molecule has 190 valence electrons. The summed E-state index contributed by atoms with van der Waals surface area (Å²) in [5.41, 5.74) is 3.07. The Hall–Kier alpha value is -4.27. The van der Waals surface area contributed by atoms with Crippen molar-refractivity contribution < 1.29 is 24.2 Å². The molecule has 9 heteroatoms. The molecule has 0 aliphatic rings. The molecule has 3 aromatic rings. The van der Waals surface area contributed by atoms with E-state index in [0.29, 0.717) is 11.1 Å². The van der Waals surface area contributed by atoms with Crippen LogP contribution in [0.4, 0.5) is 10.5 Å². The van der Waals surface area contributed by atoms with E-state index < -0.39 is 23.6 Å². The van der Waals surface area contributed by atoms with Crippen molar-refractivity contribution in [1.29, 1.82) is 0 Å². The number of aryl methyl sites for hydroxylation is 2. The first-order valence-corrected chi connectivity index (χ1v) is 11.5. The predicted octanol–water partition coefficient (Wildman–Crippen LogP) is 4.20. The highest BCUT2D eigenvalue weighted by atomic mass is 16.5. The summed E-state index contributed by atoms with van der Waals surface area (Å²) < 4.78 is 11.8. The van der Waals surface area contributed by atoms with Crippen LogP contribution in [0.2, 0.25) is 0 Å². The van der Waals surface area contributed by atoms with Gasteiger partial charge in [0.25, 0.3) is 5.56 Å². The van der Waals surface area contributed by atoms with E-state index in [2.05, 4.69) is 10.6 Å². The van der Waals surface area contributed by atoms with Crippen LogP contribution >= 0.6 is 0 Å². The van der Waals surface area contributed by atoms with Crippen molar-refractivity contribution in [1.82, 2.24) is 9.88 Å². The lowest BCUT2D eigenvalue weighted by Gasteiger charge is -2.20. The quantitative estimate of drug-likeness (QED) is 0.405. The summed E-state index contributed by atoms with van der Waals surface area (Å²) in [6.45, 7) is 5.48. The minimum absolute atomic E-state index is 0.125. The van der Waals surface area contributed by atoms with E-state index in [9.17, 15) is 19.5 Å². The van der Waals surface area contributed by atoms with E-state index >= 15 is 0 Å². The average molecular weight is 494 g/mol. The monoisotopic (exact) mass is 493 g/mol. The highest BCUT2D eigenvalue weighted by Gasteiger charge is 2.22. The van der Waals surface area contributed by atoms with Crippen molar-refractivity contribution in [3.63, 3.8) is 0 Å². The highest BCUT2D eigenvalue weighted by Crippen LogP contribution is 2.32. The third-order valence-corrected chi connectivity index (χ3v) is 5.86. The number of urea groups is 1. The summed E-state index contributed by atoms with van der Waals surface area (Å²) in [6, 6.07) is 11.7. The smallest absolute Gasteiger partial charge is 0.319 e. The molecule has 0 saturated heterocycles. The van der Waals surface area contributed by atoms with Crippen LogP contribution < -0.4 is 20.9 Å². The van der Waals surface area contributed by atoms with Gasteiger partial charge in [-0.2, -0.15) is 0 Å². The summed E-state index contributed by atoms with van der Waals surface area (Å²) in [7, 11) is 3.13. The second kappa shape index (κ2) is 11.4. The number of benzene rings is 2. The lowest BCUT2D eigenvalue weighted by atomic mass is 9.95. The molecule has 1 aromatic heterocycles. The van der Waals surface area contributed by atoms with Gasteiger partial charge in [0.2, 0.25) is 0 Å². The van der Waals surface area contributed by atoms with Crippen LogP contribution in [0.1, 0.15) is 36.1 Å². The zero-order chi connectivity index (χ0) is 26.4. The van der Waals surface area contributed by atoms with Gasteiger partial charge >= 0.3 is 12.0 Å². The molecule has 0 aliphatic carbocycles. The predicted molar refractivity (Wildman–Crippen MR) is 137 cm³/mol. The number of rotatable bonds is 8. The number of aromatic hydroxyl groups is 1. The lowest BCUT2D eigenvalue weighted by molar-refractivity contribution is -0.143. The number of ether oxygens (including phenoxy) is 2. The molecule has 0 spiro atoms. The van der Waals surface area contributed by atoms with Gasteiger partial charge in [-0.25, -0.2) is 4.79 Å². The second-order valence-corrected chi connectivity index (χ2v) is 8.37. The van der Waals surface area contributed by atoms with Gasteiger partial charge in [0, 0.05) is 18.8 Å². The Morgan fingerprint density at radius 1 is 1.14 bits per heavy atom. The molecule has 9 nitrogen and oxygen atoms in total. The number of aromatic nitrogens is 1. The molecule has 2 aromatic carbocycles. The Bertz CT molecular complexity index is 1330. The number of hydrogen-bond donors (Lipinski definition) is 3.